The maximum Gasteiger partial charge on any atom is 0.411 e. The molecule has 0 aromatic heterocycles. The zero-order valence-corrected chi connectivity index (χ0v) is 34.1. The first kappa shape index (κ1) is 39.1. The second-order valence-corrected chi connectivity index (χ2v) is 18.6. The van der Waals surface area contributed by atoms with Crippen LogP contribution in [0.2, 0.25) is 0 Å². The van der Waals surface area contributed by atoms with Crippen molar-refractivity contribution >= 4 is 56.8 Å². The van der Waals surface area contributed by atoms with E-state index in [0.29, 0.717) is 35.7 Å². The predicted molar refractivity (Wildman–Crippen MR) is 214 cm³/mol. The molecule has 11 heteroatoms. The van der Waals surface area contributed by atoms with Gasteiger partial charge in [0.05, 0.1) is 23.1 Å². The van der Waals surface area contributed by atoms with E-state index in [0.717, 1.165) is 60.8 Å². The van der Waals surface area contributed by atoms with Crippen LogP contribution in [0, 0.1) is 18.8 Å². The quantitative estimate of drug-likeness (QED) is 0.298. The van der Waals surface area contributed by atoms with Gasteiger partial charge in [-0.1, -0.05) is 53.7 Å². The van der Waals surface area contributed by atoms with Crippen LogP contribution in [0.5, 0.6) is 0 Å². The first-order valence-electron chi connectivity index (χ1n) is 19.5. The van der Waals surface area contributed by atoms with Crippen LogP contribution in [0.25, 0.3) is 0 Å². The van der Waals surface area contributed by atoms with Gasteiger partial charge in [-0.3, -0.25) is 19.6 Å². The summed E-state index contributed by atoms with van der Waals surface area (Å²) in [4.78, 5) is 47.7. The normalized spacial score (nSPS) is 26.4. The van der Waals surface area contributed by atoms with Gasteiger partial charge in [0, 0.05) is 28.7 Å². The lowest BCUT2D eigenvalue weighted by atomic mass is 9.84. The molecule has 0 radical (unpaired) electrons. The van der Waals surface area contributed by atoms with Gasteiger partial charge in [0.2, 0.25) is 5.91 Å². The summed E-state index contributed by atoms with van der Waals surface area (Å²) in [6, 6.07) is 11.8. The van der Waals surface area contributed by atoms with E-state index in [9.17, 15) is 14.4 Å². The van der Waals surface area contributed by atoms with E-state index in [1.165, 1.54) is 30.4 Å². The molecule has 7 rings (SSSR count). The van der Waals surface area contributed by atoms with Crippen LogP contribution in [0.1, 0.15) is 117 Å². The first-order valence-corrected chi connectivity index (χ1v) is 20.3. The van der Waals surface area contributed by atoms with Crippen molar-refractivity contribution in [2.45, 2.75) is 154 Å². The van der Waals surface area contributed by atoms with Crippen molar-refractivity contribution in [2.24, 2.45) is 16.8 Å². The summed E-state index contributed by atoms with van der Waals surface area (Å²) in [5, 5.41) is 2.90. The van der Waals surface area contributed by atoms with E-state index in [1.54, 1.807) is 17.0 Å². The number of aliphatic imine (C=N–C) groups is 1. The second kappa shape index (κ2) is 15.6. The molecular formula is C42H58BrN5O5. The van der Waals surface area contributed by atoms with Crippen LogP contribution < -0.4 is 11.1 Å². The molecule has 53 heavy (non-hydrogen) atoms. The zero-order chi connectivity index (χ0) is 38.2. The number of carbonyl (C=O) groups is 3. The molecule has 0 bridgehead atoms. The highest BCUT2D eigenvalue weighted by molar-refractivity contribution is 9.10. The molecule has 3 N–H and O–H groups in total. The van der Waals surface area contributed by atoms with E-state index < -0.39 is 23.3 Å². The topological polar surface area (TPSA) is 127 Å². The van der Waals surface area contributed by atoms with Gasteiger partial charge in [0.25, 0.3) is 0 Å². The molecule has 288 valence electrons. The van der Waals surface area contributed by atoms with Gasteiger partial charge in [0.1, 0.15) is 17.2 Å². The highest BCUT2D eigenvalue weighted by Gasteiger charge is 2.50. The predicted octanol–water partition coefficient (Wildman–Crippen LogP) is 9.73. The number of nitrogens with two attached hydrogens (primary N) is 1. The number of anilines is 2. The molecule has 2 aromatic rings. The van der Waals surface area contributed by atoms with Gasteiger partial charge in [-0.05, 0) is 134 Å². The van der Waals surface area contributed by atoms with E-state index in [1.807, 2.05) is 52.5 Å². The van der Waals surface area contributed by atoms with Gasteiger partial charge >= 0.3 is 12.2 Å². The van der Waals surface area contributed by atoms with E-state index in [4.69, 9.17) is 20.2 Å². The van der Waals surface area contributed by atoms with Gasteiger partial charge in [0.15, 0.2) is 0 Å². The number of hydrogen-bond donors (Lipinski definition) is 2. The van der Waals surface area contributed by atoms with Gasteiger partial charge in [-0.25, -0.2) is 9.59 Å². The lowest BCUT2D eigenvalue weighted by molar-refractivity contribution is -0.120. The Balaban J connectivity index is 0.000000181. The summed E-state index contributed by atoms with van der Waals surface area (Å²) in [6.07, 6.45) is 11.0. The van der Waals surface area contributed by atoms with Crippen LogP contribution in [-0.4, -0.2) is 69.0 Å². The Morgan fingerprint density at radius 3 is 2.02 bits per heavy atom. The third-order valence-electron chi connectivity index (χ3n) is 11.2. The molecule has 2 saturated carbocycles. The largest absolute Gasteiger partial charge is 0.444 e. The molecule has 2 saturated heterocycles. The number of aryl methyl sites for hydroxylation is 1. The lowest BCUT2D eigenvalue weighted by Crippen LogP contribution is -2.49. The summed E-state index contributed by atoms with van der Waals surface area (Å²) in [7, 11) is 0. The Morgan fingerprint density at radius 1 is 0.811 bits per heavy atom. The van der Waals surface area contributed by atoms with Gasteiger partial charge in [-0.2, -0.15) is 0 Å². The number of nitrogens with zero attached hydrogens (tertiary/aromatic N) is 3. The third kappa shape index (κ3) is 9.20. The number of nitrogens with one attached hydrogen (secondary N) is 1. The summed E-state index contributed by atoms with van der Waals surface area (Å²) in [5.41, 5.74) is 10.7. The molecule has 0 unspecified atom stereocenters. The minimum absolute atomic E-state index is 0.0756. The van der Waals surface area contributed by atoms with Crippen LogP contribution in [0.15, 0.2) is 45.9 Å². The van der Waals surface area contributed by atoms with Crippen molar-refractivity contribution in [3.8, 4) is 0 Å². The van der Waals surface area contributed by atoms with Gasteiger partial charge < -0.3 is 20.5 Å². The van der Waals surface area contributed by atoms with E-state index >= 15 is 0 Å². The number of benzene rings is 2. The van der Waals surface area contributed by atoms with Crippen molar-refractivity contribution in [2.75, 3.05) is 11.1 Å². The Labute approximate surface area is 323 Å². The van der Waals surface area contributed by atoms with Gasteiger partial charge in [-0.15, -0.1) is 0 Å². The summed E-state index contributed by atoms with van der Waals surface area (Å²) >= 11 is 3.36. The zero-order valence-electron chi connectivity index (χ0n) is 32.5. The SMILES string of the molecule is CC(C)(C)OC(=O)N1[C@H](C(=O)Nc2ccc(Br)cc2N)C[C@@H]2CCCC[C@@H]21.Cc1ccc2c(c1)N=C([C@@H]1C[C@@H]3CCCC[C@@H]3N1C(=O)OC(C)(C)C)C2. The second-order valence-electron chi connectivity index (χ2n) is 17.6. The number of amides is 3. The summed E-state index contributed by atoms with van der Waals surface area (Å²) in [5.74, 6) is 0.739. The molecule has 10 nitrogen and oxygen atoms in total. The van der Waals surface area contributed by atoms with Crippen LogP contribution >= 0.6 is 15.9 Å². The van der Waals surface area contributed by atoms with Crippen molar-refractivity contribution in [3.63, 3.8) is 0 Å². The van der Waals surface area contributed by atoms with Crippen molar-refractivity contribution in [1.82, 2.24) is 9.80 Å². The standard InChI is InChI=1S/C22H30N2O2.C20H28BrN3O3/c1-14-9-10-15-12-18(23-17(15)11-14)20-13-16-7-5-6-8-19(16)24(20)21(25)26-22(2,3)4;1-20(2,3)27-19(26)24-16-7-5-4-6-12(16)10-17(24)18(25)23-15-9-8-13(21)11-14(15)22/h9-11,16,19-20H,5-8,12-13H2,1-4H3;8-9,11-12,16-17H,4-7,10,22H2,1-3H3,(H,23,25)/t16-,19-,20-;12-,16-,17-/m00/s1. The molecule has 3 aliphatic heterocycles. The Kier molecular flexibility index (Phi) is 11.5. The number of fused-ring (bicyclic) bond motifs is 3. The lowest BCUT2D eigenvalue weighted by Gasteiger charge is -2.35. The minimum atomic E-state index is -0.596. The Morgan fingerprint density at radius 2 is 1.40 bits per heavy atom. The number of rotatable bonds is 3. The minimum Gasteiger partial charge on any atom is -0.444 e. The Hall–Kier alpha value is -3.60. The molecule has 3 amide bonds. The molecule has 6 atom stereocenters. The summed E-state index contributed by atoms with van der Waals surface area (Å²) < 4.78 is 12.3. The molecule has 2 aliphatic carbocycles. The summed E-state index contributed by atoms with van der Waals surface area (Å²) in [6.45, 7) is 13.5. The first-order chi connectivity index (χ1) is 25.0. The van der Waals surface area contributed by atoms with Crippen LogP contribution in [0.3, 0.4) is 0 Å². The van der Waals surface area contributed by atoms with E-state index in [2.05, 4.69) is 46.4 Å². The number of likely N-dealkylation sites (tertiary alicyclic amines) is 2. The highest BCUT2D eigenvalue weighted by Crippen LogP contribution is 2.44. The molecule has 5 aliphatic rings. The fourth-order valence-corrected chi connectivity index (χ4v) is 9.36. The number of hydrogen-bond acceptors (Lipinski definition) is 7. The van der Waals surface area contributed by atoms with Crippen LogP contribution in [0.4, 0.5) is 26.7 Å². The maximum absolute atomic E-state index is 13.1. The number of nitrogen functional groups attached to an aromatic ring is 1. The maximum atomic E-state index is 13.1. The average Bonchev–Trinajstić information content (AvgIpc) is 3.78. The molecule has 2 aromatic carbocycles. The molecule has 3 heterocycles. The fourth-order valence-electron chi connectivity index (χ4n) is 8.98. The fraction of sp³-hybridized carbons (Fsp3) is 0.619. The van der Waals surface area contributed by atoms with Crippen molar-refractivity contribution in [1.29, 1.82) is 0 Å². The van der Waals surface area contributed by atoms with E-state index in [-0.39, 0.29) is 24.1 Å². The van der Waals surface area contributed by atoms with Crippen molar-refractivity contribution in [3.05, 3.63) is 52.0 Å². The third-order valence-corrected chi connectivity index (χ3v) is 11.7. The Bertz CT molecular complexity index is 1730. The number of carbonyl (C=O) groups excluding carboxylic acids is 3. The van der Waals surface area contributed by atoms with Crippen molar-refractivity contribution < 1.29 is 23.9 Å². The molecule has 0 spiro atoms. The molecular weight excluding hydrogens is 734 g/mol. The highest BCUT2D eigenvalue weighted by atomic mass is 79.9. The average molecular weight is 793 g/mol. The monoisotopic (exact) mass is 791 g/mol. The molecule has 4 fully saturated rings. The smallest absolute Gasteiger partial charge is 0.411 e. The number of ether oxygens (including phenoxy) is 2. The van der Waals surface area contributed by atoms with Crippen LogP contribution in [-0.2, 0) is 20.7 Å². The number of halogens is 1.